The van der Waals surface area contributed by atoms with E-state index in [0.717, 1.165) is 11.1 Å². The quantitative estimate of drug-likeness (QED) is 0.112. The number of hydrogen-bond acceptors (Lipinski definition) is 7. The van der Waals surface area contributed by atoms with Crippen LogP contribution in [0, 0.1) is 5.92 Å². The van der Waals surface area contributed by atoms with E-state index in [-0.39, 0.29) is 18.8 Å². The number of carbonyl (C=O) groups excluding carboxylic acids is 4. The highest BCUT2D eigenvalue weighted by Gasteiger charge is 2.32. The Morgan fingerprint density at radius 3 is 1.86 bits per heavy atom. The van der Waals surface area contributed by atoms with E-state index in [1.165, 1.54) is 0 Å². The number of carbonyl (C=O) groups is 5. The maximum absolute atomic E-state index is 13.6. The van der Waals surface area contributed by atoms with Crippen molar-refractivity contribution in [2.75, 3.05) is 13.1 Å². The predicted molar refractivity (Wildman–Crippen MR) is 167 cm³/mol. The van der Waals surface area contributed by atoms with Crippen molar-refractivity contribution in [1.29, 1.82) is 0 Å². The second kappa shape index (κ2) is 19.1. The highest BCUT2D eigenvalue weighted by molar-refractivity contribution is 5.95. The Hall–Kier alpha value is -4.29. The first-order valence-corrected chi connectivity index (χ1v) is 15.0. The molecule has 0 saturated heterocycles. The van der Waals surface area contributed by atoms with E-state index in [2.05, 4.69) is 21.3 Å². The molecule has 0 aliphatic rings. The third kappa shape index (κ3) is 12.5. The van der Waals surface area contributed by atoms with Crippen molar-refractivity contribution in [2.45, 2.75) is 76.5 Å². The molecule has 0 saturated carbocycles. The van der Waals surface area contributed by atoms with Gasteiger partial charge in [0, 0.05) is 6.42 Å². The van der Waals surface area contributed by atoms with Crippen LogP contribution in [-0.2, 0) is 36.8 Å². The Balaban J connectivity index is 2.21. The molecule has 44 heavy (non-hydrogen) atoms. The van der Waals surface area contributed by atoms with Crippen LogP contribution >= 0.6 is 0 Å². The van der Waals surface area contributed by atoms with Gasteiger partial charge in [-0.1, -0.05) is 80.9 Å². The molecule has 0 aliphatic carbocycles. The van der Waals surface area contributed by atoms with Gasteiger partial charge in [-0.2, -0.15) is 0 Å². The topological polar surface area (TPSA) is 206 Å². The molecule has 2 rings (SSSR count). The van der Waals surface area contributed by atoms with E-state index in [9.17, 15) is 24.0 Å². The summed E-state index contributed by atoms with van der Waals surface area (Å²) in [5, 5.41) is 19.6. The molecule has 2 aromatic carbocycles. The third-order valence-corrected chi connectivity index (χ3v) is 7.34. The molecule has 0 radical (unpaired) electrons. The summed E-state index contributed by atoms with van der Waals surface area (Å²) in [6, 6.07) is 14.3. The Kier molecular flexibility index (Phi) is 15.6. The average molecular weight is 611 g/mol. The van der Waals surface area contributed by atoms with Crippen LogP contribution in [0.1, 0.15) is 50.7 Å². The van der Waals surface area contributed by atoms with Crippen molar-refractivity contribution in [3.63, 3.8) is 0 Å². The molecule has 0 aromatic heterocycles. The number of unbranched alkanes of at least 4 members (excludes halogenated alkanes) is 1. The van der Waals surface area contributed by atoms with Crippen molar-refractivity contribution in [3.05, 3.63) is 71.8 Å². The number of aliphatic carboxylic acids is 1. The van der Waals surface area contributed by atoms with Gasteiger partial charge in [0.2, 0.25) is 23.6 Å². The molecular formula is C32H46N6O6. The van der Waals surface area contributed by atoms with Gasteiger partial charge in [0.15, 0.2) is 0 Å². The van der Waals surface area contributed by atoms with E-state index < -0.39 is 60.3 Å². The molecule has 0 spiro atoms. The van der Waals surface area contributed by atoms with Gasteiger partial charge < -0.3 is 37.8 Å². The first kappa shape index (κ1) is 35.9. The smallest absolute Gasteiger partial charge is 0.322 e. The lowest BCUT2D eigenvalue weighted by Gasteiger charge is -2.28. The maximum Gasteiger partial charge on any atom is 0.322 e. The fraction of sp³-hybridized carbons (Fsp3) is 0.469. The van der Waals surface area contributed by atoms with Gasteiger partial charge in [-0.15, -0.1) is 0 Å². The van der Waals surface area contributed by atoms with Crippen LogP contribution in [0.15, 0.2) is 60.7 Å². The van der Waals surface area contributed by atoms with Crippen LogP contribution in [0.25, 0.3) is 0 Å². The molecule has 12 heteroatoms. The summed E-state index contributed by atoms with van der Waals surface area (Å²) in [6.07, 6.45) is 2.32. The van der Waals surface area contributed by atoms with Crippen molar-refractivity contribution in [1.82, 2.24) is 21.3 Å². The van der Waals surface area contributed by atoms with Gasteiger partial charge in [-0.05, 0) is 49.3 Å². The molecule has 0 bridgehead atoms. The van der Waals surface area contributed by atoms with Gasteiger partial charge in [0.1, 0.15) is 24.7 Å². The molecule has 0 aliphatic heterocycles. The zero-order chi connectivity index (χ0) is 32.5. The van der Waals surface area contributed by atoms with E-state index in [0.29, 0.717) is 32.2 Å². The summed E-state index contributed by atoms with van der Waals surface area (Å²) in [4.78, 5) is 64.1. The lowest BCUT2D eigenvalue weighted by molar-refractivity contribution is -0.138. The van der Waals surface area contributed by atoms with Gasteiger partial charge in [0.25, 0.3) is 0 Å². The SMILES string of the molecule is CC[C@H](C)[C@H](NC(=O)[C@@H](N)Cc1ccccc1)C(=O)N[C@@H](CCCCN)C(=O)N[C@@H](Cc1ccccc1)C(=O)NCC(=O)O. The van der Waals surface area contributed by atoms with E-state index in [1.54, 1.807) is 24.3 Å². The zero-order valence-corrected chi connectivity index (χ0v) is 25.5. The van der Waals surface area contributed by atoms with Crippen LogP contribution in [0.3, 0.4) is 0 Å². The number of nitrogens with one attached hydrogen (secondary N) is 4. The first-order valence-electron chi connectivity index (χ1n) is 15.0. The van der Waals surface area contributed by atoms with Crippen molar-refractivity contribution < 1.29 is 29.1 Å². The van der Waals surface area contributed by atoms with Gasteiger partial charge >= 0.3 is 5.97 Å². The second-order valence-corrected chi connectivity index (χ2v) is 10.9. The maximum atomic E-state index is 13.6. The second-order valence-electron chi connectivity index (χ2n) is 10.9. The van der Waals surface area contributed by atoms with E-state index >= 15 is 0 Å². The molecular weight excluding hydrogens is 564 g/mol. The standard InChI is InChI=1S/C32H46N6O6/c1-3-21(2)28(38-29(41)24(34)18-22-12-6-4-7-13-22)32(44)36-25(16-10-11-17-33)31(43)37-26(30(42)35-20-27(39)40)19-23-14-8-5-9-15-23/h4-9,12-15,21,24-26,28H,3,10-11,16-20,33-34H2,1-2H3,(H,35,42)(H,36,44)(H,37,43)(H,38,41)(H,39,40)/t21-,24-,25-,26-,28-/m0/s1. The normalized spacial score (nSPS) is 14.3. The molecule has 2 aromatic rings. The molecule has 0 unspecified atom stereocenters. The summed E-state index contributed by atoms with van der Waals surface area (Å²) < 4.78 is 0. The number of carboxylic acids is 1. The fourth-order valence-electron chi connectivity index (χ4n) is 4.56. The van der Waals surface area contributed by atoms with Crippen LogP contribution in [0.4, 0.5) is 0 Å². The van der Waals surface area contributed by atoms with Crippen molar-refractivity contribution in [2.24, 2.45) is 17.4 Å². The number of carboxylic acid groups (broad SMARTS) is 1. The Morgan fingerprint density at radius 1 is 0.750 bits per heavy atom. The molecule has 0 fully saturated rings. The fourth-order valence-corrected chi connectivity index (χ4v) is 4.56. The summed E-state index contributed by atoms with van der Waals surface area (Å²) in [5.74, 6) is -3.83. The van der Waals surface area contributed by atoms with Crippen molar-refractivity contribution in [3.8, 4) is 0 Å². The Bertz CT molecular complexity index is 1210. The lowest BCUT2D eigenvalue weighted by Crippen LogP contribution is -2.59. The minimum absolute atomic E-state index is 0.104. The Labute approximate surface area is 258 Å². The van der Waals surface area contributed by atoms with Gasteiger partial charge in [-0.3, -0.25) is 24.0 Å². The third-order valence-electron chi connectivity index (χ3n) is 7.34. The molecule has 12 nitrogen and oxygen atoms in total. The number of amides is 4. The summed E-state index contributed by atoms with van der Waals surface area (Å²) >= 11 is 0. The van der Waals surface area contributed by atoms with Crippen LogP contribution < -0.4 is 32.7 Å². The monoisotopic (exact) mass is 610 g/mol. The number of rotatable bonds is 19. The van der Waals surface area contributed by atoms with E-state index in [4.69, 9.17) is 16.6 Å². The minimum Gasteiger partial charge on any atom is -0.480 e. The highest BCUT2D eigenvalue weighted by atomic mass is 16.4. The van der Waals surface area contributed by atoms with Gasteiger partial charge in [-0.25, -0.2) is 0 Å². The van der Waals surface area contributed by atoms with Crippen LogP contribution in [-0.4, -0.2) is 72.0 Å². The molecule has 5 atom stereocenters. The Morgan fingerprint density at radius 2 is 1.32 bits per heavy atom. The first-order chi connectivity index (χ1) is 21.0. The molecule has 4 amide bonds. The predicted octanol–water partition coefficient (Wildman–Crippen LogP) is 0.629. The summed E-state index contributed by atoms with van der Waals surface area (Å²) in [5.41, 5.74) is 13.4. The summed E-state index contributed by atoms with van der Waals surface area (Å²) in [7, 11) is 0. The molecule has 9 N–H and O–H groups in total. The van der Waals surface area contributed by atoms with Crippen LogP contribution in [0.5, 0.6) is 0 Å². The molecule has 240 valence electrons. The number of nitrogens with two attached hydrogens (primary N) is 2. The minimum atomic E-state index is -1.23. The number of hydrogen-bond donors (Lipinski definition) is 7. The lowest BCUT2D eigenvalue weighted by atomic mass is 9.96. The van der Waals surface area contributed by atoms with E-state index in [1.807, 2.05) is 50.2 Å². The summed E-state index contributed by atoms with van der Waals surface area (Å²) in [6.45, 7) is 3.48. The van der Waals surface area contributed by atoms with Crippen LogP contribution in [0.2, 0.25) is 0 Å². The zero-order valence-electron chi connectivity index (χ0n) is 25.5. The average Bonchev–Trinajstić information content (AvgIpc) is 3.01. The van der Waals surface area contributed by atoms with Crippen molar-refractivity contribution >= 4 is 29.6 Å². The number of benzene rings is 2. The largest absolute Gasteiger partial charge is 0.480 e. The highest BCUT2D eigenvalue weighted by Crippen LogP contribution is 2.12. The molecule has 0 heterocycles. The van der Waals surface area contributed by atoms with Gasteiger partial charge in [0.05, 0.1) is 6.04 Å².